The normalized spacial score (nSPS) is 12.1. The van der Waals surface area contributed by atoms with E-state index >= 15 is 0 Å². The zero-order valence-electron chi connectivity index (χ0n) is 11.9. The number of anilines is 1. The van der Waals surface area contributed by atoms with Crippen molar-refractivity contribution < 1.29 is 17.9 Å². The molecule has 0 spiro atoms. The minimum absolute atomic E-state index is 0.294. The van der Waals surface area contributed by atoms with Gasteiger partial charge in [0, 0.05) is 16.4 Å². The van der Waals surface area contributed by atoms with Gasteiger partial charge in [0.1, 0.15) is 5.60 Å². The van der Waals surface area contributed by atoms with Crippen LogP contribution in [0.4, 0.5) is 10.5 Å². The van der Waals surface area contributed by atoms with Crippen LogP contribution in [-0.4, -0.2) is 20.1 Å². The lowest BCUT2D eigenvalue weighted by Crippen LogP contribution is -2.27. The molecule has 0 aliphatic carbocycles. The Kier molecular flexibility index (Phi) is 5.05. The molecule has 112 valence electrons. The summed E-state index contributed by atoms with van der Waals surface area (Å²) in [6.45, 7) is 7.08. The molecule has 0 heterocycles. The Balaban J connectivity index is 2.90. The highest BCUT2D eigenvalue weighted by Gasteiger charge is 2.17. The van der Waals surface area contributed by atoms with E-state index in [9.17, 15) is 13.2 Å². The Morgan fingerprint density at radius 1 is 1.35 bits per heavy atom. The highest BCUT2D eigenvalue weighted by Crippen LogP contribution is 2.20. The van der Waals surface area contributed by atoms with Gasteiger partial charge in [-0.3, -0.25) is 5.32 Å². The number of benzene rings is 1. The summed E-state index contributed by atoms with van der Waals surface area (Å²) in [5.41, 5.74) is 1.19. The van der Waals surface area contributed by atoms with Crippen LogP contribution in [0, 0.1) is 6.92 Å². The number of hydrogen-bond donors (Lipinski definition) is 1. The molecule has 1 aromatic rings. The van der Waals surface area contributed by atoms with Crippen LogP contribution in [0.2, 0.25) is 0 Å². The molecule has 1 aromatic carbocycles. The van der Waals surface area contributed by atoms with Crippen LogP contribution in [0.5, 0.6) is 0 Å². The van der Waals surface area contributed by atoms with E-state index in [1.807, 2.05) is 0 Å². The van der Waals surface area contributed by atoms with Crippen LogP contribution in [0.25, 0.3) is 0 Å². The van der Waals surface area contributed by atoms with Crippen molar-refractivity contribution in [2.45, 2.75) is 39.0 Å². The van der Waals surface area contributed by atoms with Crippen LogP contribution >= 0.6 is 10.7 Å². The molecular formula is C13H18ClNO4S. The van der Waals surface area contributed by atoms with Crippen molar-refractivity contribution in [1.82, 2.24) is 0 Å². The third kappa shape index (κ3) is 6.25. The van der Waals surface area contributed by atoms with Crippen molar-refractivity contribution in [3.63, 3.8) is 0 Å². The molecule has 0 saturated heterocycles. The maximum absolute atomic E-state index is 11.7. The Bertz CT molecular complexity index is 605. The van der Waals surface area contributed by atoms with E-state index in [1.54, 1.807) is 45.9 Å². The average molecular weight is 320 g/mol. The third-order valence-corrected chi connectivity index (χ3v) is 3.28. The van der Waals surface area contributed by atoms with Gasteiger partial charge in [-0.25, -0.2) is 13.2 Å². The number of hydrogen-bond acceptors (Lipinski definition) is 4. The molecule has 1 rings (SSSR count). The molecule has 1 N–H and O–H groups in total. The van der Waals surface area contributed by atoms with Gasteiger partial charge in [0.2, 0.25) is 9.05 Å². The highest BCUT2D eigenvalue weighted by atomic mass is 35.7. The quantitative estimate of drug-likeness (QED) is 0.866. The van der Waals surface area contributed by atoms with Crippen LogP contribution in [0.15, 0.2) is 18.2 Å². The second-order valence-corrected chi connectivity index (χ2v) is 8.24. The van der Waals surface area contributed by atoms with Crippen LogP contribution in [0.3, 0.4) is 0 Å². The Labute approximate surface area is 123 Å². The number of carbonyl (C=O) groups is 1. The number of ether oxygens (including phenoxy) is 1. The molecule has 0 unspecified atom stereocenters. The van der Waals surface area contributed by atoms with Gasteiger partial charge in [0.15, 0.2) is 0 Å². The summed E-state index contributed by atoms with van der Waals surface area (Å²) in [6, 6.07) is 4.93. The number of aryl methyl sites for hydroxylation is 1. The number of nitrogens with one attached hydrogen (secondary N) is 1. The number of halogens is 1. The Hall–Kier alpha value is -1.27. The van der Waals surface area contributed by atoms with E-state index < -0.39 is 20.7 Å². The van der Waals surface area contributed by atoms with E-state index in [0.717, 1.165) is 5.56 Å². The largest absolute Gasteiger partial charge is 0.444 e. The van der Waals surface area contributed by atoms with Gasteiger partial charge in [-0.1, -0.05) is 12.1 Å². The van der Waals surface area contributed by atoms with Crippen molar-refractivity contribution in [1.29, 1.82) is 0 Å². The van der Waals surface area contributed by atoms with Gasteiger partial charge >= 0.3 is 6.09 Å². The van der Waals surface area contributed by atoms with Crippen LogP contribution < -0.4 is 5.32 Å². The topological polar surface area (TPSA) is 72.5 Å². The Morgan fingerprint density at radius 3 is 2.45 bits per heavy atom. The zero-order valence-corrected chi connectivity index (χ0v) is 13.4. The Morgan fingerprint density at radius 2 is 1.95 bits per heavy atom. The second-order valence-electron chi connectivity index (χ2n) is 5.46. The standard InChI is InChI=1S/C13H18ClNO4S/c1-9-5-6-10(8-20(14,17)18)7-11(9)15-12(16)19-13(2,3)4/h5-7H,8H2,1-4H3,(H,15,16). The lowest BCUT2D eigenvalue weighted by Gasteiger charge is -2.20. The van der Waals surface area contributed by atoms with Crippen molar-refractivity contribution in [2.24, 2.45) is 0 Å². The van der Waals surface area contributed by atoms with Gasteiger partial charge in [-0.15, -0.1) is 0 Å². The molecule has 0 saturated carbocycles. The molecular weight excluding hydrogens is 302 g/mol. The van der Waals surface area contributed by atoms with Gasteiger partial charge in [0.05, 0.1) is 5.75 Å². The van der Waals surface area contributed by atoms with Crippen molar-refractivity contribution in [3.8, 4) is 0 Å². The predicted molar refractivity (Wildman–Crippen MR) is 79.5 cm³/mol. The van der Waals surface area contributed by atoms with Crippen LogP contribution in [0.1, 0.15) is 31.9 Å². The first kappa shape index (κ1) is 16.8. The zero-order chi connectivity index (χ0) is 15.6. The fraction of sp³-hybridized carbons (Fsp3) is 0.462. The van der Waals surface area contributed by atoms with E-state index in [4.69, 9.17) is 15.4 Å². The lowest BCUT2D eigenvalue weighted by molar-refractivity contribution is 0.0636. The summed E-state index contributed by atoms with van der Waals surface area (Å²) in [5.74, 6) is -0.294. The molecule has 0 atom stereocenters. The average Bonchev–Trinajstić information content (AvgIpc) is 2.18. The summed E-state index contributed by atoms with van der Waals surface area (Å²) >= 11 is 0. The minimum Gasteiger partial charge on any atom is -0.444 e. The predicted octanol–water partition coefficient (Wildman–Crippen LogP) is 3.41. The van der Waals surface area contributed by atoms with Crippen molar-refractivity contribution in [3.05, 3.63) is 29.3 Å². The smallest absolute Gasteiger partial charge is 0.412 e. The summed E-state index contributed by atoms with van der Waals surface area (Å²) in [7, 11) is 1.58. The van der Waals surface area contributed by atoms with E-state index in [-0.39, 0.29) is 5.75 Å². The second kappa shape index (κ2) is 6.01. The summed E-state index contributed by atoms with van der Waals surface area (Å²) in [5, 5.41) is 2.59. The number of carbonyl (C=O) groups excluding carboxylic acids is 1. The maximum Gasteiger partial charge on any atom is 0.412 e. The minimum atomic E-state index is -3.64. The highest BCUT2D eigenvalue weighted by molar-refractivity contribution is 8.13. The molecule has 0 fully saturated rings. The molecule has 0 aliphatic heterocycles. The van der Waals surface area contributed by atoms with Crippen molar-refractivity contribution >= 4 is 31.5 Å². The molecule has 7 heteroatoms. The molecule has 0 bridgehead atoms. The number of rotatable bonds is 3. The van der Waals surface area contributed by atoms with Gasteiger partial charge < -0.3 is 4.74 Å². The molecule has 0 aliphatic rings. The fourth-order valence-corrected chi connectivity index (χ4v) is 2.46. The summed E-state index contributed by atoms with van der Waals surface area (Å²) in [4.78, 5) is 11.7. The van der Waals surface area contributed by atoms with Gasteiger partial charge in [0.25, 0.3) is 0 Å². The summed E-state index contributed by atoms with van der Waals surface area (Å²) in [6.07, 6.45) is -0.591. The van der Waals surface area contributed by atoms with Gasteiger partial charge in [-0.05, 0) is 44.9 Å². The van der Waals surface area contributed by atoms with Crippen molar-refractivity contribution in [2.75, 3.05) is 5.32 Å². The molecule has 0 aromatic heterocycles. The molecule has 1 amide bonds. The SMILES string of the molecule is Cc1ccc(CS(=O)(=O)Cl)cc1NC(=O)OC(C)(C)C. The summed E-state index contributed by atoms with van der Waals surface area (Å²) < 4.78 is 27.3. The third-order valence-electron chi connectivity index (χ3n) is 2.28. The maximum atomic E-state index is 11.7. The number of amides is 1. The fourth-order valence-electron chi connectivity index (χ4n) is 1.51. The van der Waals surface area contributed by atoms with E-state index in [2.05, 4.69) is 5.32 Å². The first-order valence-electron chi connectivity index (χ1n) is 5.98. The lowest BCUT2D eigenvalue weighted by atomic mass is 10.1. The molecule has 5 nitrogen and oxygen atoms in total. The molecule has 20 heavy (non-hydrogen) atoms. The van der Waals surface area contributed by atoms with Gasteiger partial charge in [-0.2, -0.15) is 0 Å². The van der Waals surface area contributed by atoms with E-state index in [0.29, 0.717) is 11.3 Å². The van der Waals surface area contributed by atoms with Crippen LogP contribution in [-0.2, 0) is 19.5 Å². The first-order valence-corrected chi connectivity index (χ1v) is 8.46. The first-order chi connectivity index (χ1) is 8.96. The van der Waals surface area contributed by atoms with E-state index in [1.165, 1.54) is 0 Å². The molecule has 0 radical (unpaired) electrons. The monoisotopic (exact) mass is 319 g/mol.